The van der Waals surface area contributed by atoms with Crippen LogP contribution < -0.4 is 5.32 Å². The van der Waals surface area contributed by atoms with E-state index in [4.69, 9.17) is 0 Å². The highest BCUT2D eigenvalue weighted by molar-refractivity contribution is 5.42. The van der Waals surface area contributed by atoms with Crippen LogP contribution in [0.25, 0.3) is 0 Å². The van der Waals surface area contributed by atoms with E-state index >= 15 is 0 Å². The van der Waals surface area contributed by atoms with E-state index in [0.717, 1.165) is 23.0 Å². The fourth-order valence-electron chi connectivity index (χ4n) is 3.34. The summed E-state index contributed by atoms with van der Waals surface area (Å²) < 4.78 is 0. The van der Waals surface area contributed by atoms with Gasteiger partial charge in [-0.3, -0.25) is 10.1 Å². The molecular formula is C16H24N2O2. The van der Waals surface area contributed by atoms with Crippen molar-refractivity contribution in [3.8, 4) is 0 Å². The van der Waals surface area contributed by atoms with E-state index < -0.39 is 0 Å². The highest BCUT2D eigenvalue weighted by Crippen LogP contribution is 2.28. The number of aryl methyl sites for hydroxylation is 1. The van der Waals surface area contributed by atoms with Gasteiger partial charge in [-0.2, -0.15) is 0 Å². The minimum atomic E-state index is -0.302. The normalized spacial score (nSPS) is 26.4. The molecule has 0 radical (unpaired) electrons. The van der Waals surface area contributed by atoms with Crippen molar-refractivity contribution in [1.82, 2.24) is 5.32 Å². The maximum Gasteiger partial charge on any atom is 0.272 e. The van der Waals surface area contributed by atoms with Crippen LogP contribution in [0, 0.1) is 28.9 Å². The molecule has 0 aliphatic heterocycles. The first-order chi connectivity index (χ1) is 9.45. The number of nitrogens with zero attached hydrogens (tertiary/aromatic N) is 1. The summed E-state index contributed by atoms with van der Waals surface area (Å²) in [5.74, 6) is 1.53. The number of hydrogen-bond acceptors (Lipinski definition) is 3. The van der Waals surface area contributed by atoms with Crippen LogP contribution in [-0.4, -0.2) is 11.0 Å². The molecule has 1 saturated carbocycles. The Kier molecular flexibility index (Phi) is 4.76. The topological polar surface area (TPSA) is 55.2 Å². The van der Waals surface area contributed by atoms with Gasteiger partial charge in [0.15, 0.2) is 0 Å². The molecular weight excluding hydrogens is 252 g/mol. The second kappa shape index (κ2) is 6.35. The van der Waals surface area contributed by atoms with Crippen LogP contribution in [0.3, 0.4) is 0 Å². The van der Waals surface area contributed by atoms with Crippen molar-refractivity contribution in [3.63, 3.8) is 0 Å². The van der Waals surface area contributed by atoms with Crippen molar-refractivity contribution < 1.29 is 4.92 Å². The van der Waals surface area contributed by atoms with Crippen LogP contribution in [-0.2, 0) is 6.54 Å². The largest absolute Gasteiger partial charge is 0.310 e. The summed E-state index contributed by atoms with van der Waals surface area (Å²) >= 11 is 0. The Bertz CT molecular complexity index is 477. The number of nitrogens with one attached hydrogen (secondary N) is 1. The zero-order valence-electron chi connectivity index (χ0n) is 12.6. The van der Waals surface area contributed by atoms with Crippen molar-refractivity contribution in [2.24, 2.45) is 11.8 Å². The molecule has 110 valence electrons. The van der Waals surface area contributed by atoms with Crippen molar-refractivity contribution in [2.45, 2.75) is 52.6 Å². The highest BCUT2D eigenvalue weighted by atomic mass is 16.6. The fraction of sp³-hybridized carbons (Fsp3) is 0.625. The summed E-state index contributed by atoms with van der Waals surface area (Å²) in [6.45, 7) is 7.10. The molecule has 2 unspecified atom stereocenters. The molecule has 20 heavy (non-hydrogen) atoms. The van der Waals surface area contributed by atoms with E-state index in [-0.39, 0.29) is 10.6 Å². The van der Waals surface area contributed by atoms with Gasteiger partial charge < -0.3 is 5.32 Å². The van der Waals surface area contributed by atoms with Gasteiger partial charge in [0.1, 0.15) is 0 Å². The minimum Gasteiger partial charge on any atom is -0.310 e. The van der Waals surface area contributed by atoms with Crippen molar-refractivity contribution in [3.05, 3.63) is 39.4 Å². The lowest BCUT2D eigenvalue weighted by atomic mass is 9.80. The number of benzene rings is 1. The average molecular weight is 276 g/mol. The second-order valence-corrected chi connectivity index (χ2v) is 6.37. The summed E-state index contributed by atoms with van der Waals surface area (Å²) in [5.41, 5.74) is 1.93. The molecule has 2 atom stereocenters. The standard InChI is InChI=1S/C16H24N2O2/c1-11-6-12(2)8-15(7-11)17-10-14-5-4-13(3)16(9-14)18(19)20/h4-5,9,11-12,15,17H,6-8,10H2,1-3H3. The van der Waals surface area contributed by atoms with Gasteiger partial charge in [0, 0.05) is 24.2 Å². The molecule has 1 N–H and O–H groups in total. The van der Waals surface area contributed by atoms with Gasteiger partial charge in [0.25, 0.3) is 5.69 Å². The Labute approximate surface area is 120 Å². The van der Waals surface area contributed by atoms with Gasteiger partial charge in [-0.25, -0.2) is 0 Å². The van der Waals surface area contributed by atoms with Crippen molar-refractivity contribution in [1.29, 1.82) is 0 Å². The van der Waals surface area contributed by atoms with Gasteiger partial charge in [-0.15, -0.1) is 0 Å². The van der Waals surface area contributed by atoms with Crippen LogP contribution >= 0.6 is 0 Å². The summed E-state index contributed by atoms with van der Waals surface area (Å²) in [6, 6.07) is 6.04. The number of hydrogen-bond donors (Lipinski definition) is 1. The number of nitro groups is 1. The first kappa shape index (κ1) is 15.0. The Morgan fingerprint density at radius 1 is 1.25 bits per heavy atom. The zero-order chi connectivity index (χ0) is 14.7. The van der Waals surface area contributed by atoms with E-state index in [2.05, 4.69) is 19.2 Å². The van der Waals surface area contributed by atoms with E-state index in [1.807, 2.05) is 12.1 Å². The quantitative estimate of drug-likeness (QED) is 0.672. The number of nitro benzene ring substituents is 1. The summed E-state index contributed by atoms with van der Waals surface area (Å²) in [5, 5.41) is 14.5. The second-order valence-electron chi connectivity index (χ2n) is 6.37. The Morgan fingerprint density at radius 3 is 2.50 bits per heavy atom. The van der Waals surface area contributed by atoms with Gasteiger partial charge in [-0.1, -0.05) is 26.0 Å². The van der Waals surface area contributed by atoms with Gasteiger partial charge in [0.2, 0.25) is 0 Å². The molecule has 2 rings (SSSR count). The maximum absolute atomic E-state index is 11.0. The monoisotopic (exact) mass is 276 g/mol. The third kappa shape index (κ3) is 3.79. The minimum absolute atomic E-state index is 0.217. The average Bonchev–Trinajstić information content (AvgIpc) is 2.36. The maximum atomic E-state index is 11.0. The lowest BCUT2D eigenvalue weighted by Gasteiger charge is -2.32. The molecule has 0 heterocycles. The lowest BCUT2D eigenvalue weighted by molar-refractivity contribution is -0.385. The molecule has 0 saturated heterocycles. The van der Waals surface area contributed by atoms with Crippen LogP contribution in [0.2, 0.25) is 0 Å². The first-order valence-corrected chi connectivity index (χ1v) is 7.43. The molecule has 4 nitrogen and oxygen atoms in total. The Balaban J connectivity index is 1.97. The predicted molar refractivity (Wildman–Crippen MR) is 80.6 cm³/mol. The van der Waals surface area contributed by atoms with Crippen LogP contribution in [0.5, 0.6) is 0 Å². The highest BCUT2D eigenvalue weighted by Gasteiger charge is 2.23. The molecule has 1 aliphatic rings. The van der Waals surface area contributed by atoms with E-state index in [0.29, 0.717) is 12.6 Å². The Morgan fingerprint density at radius 2 is 1.90 bits per heavy atom. The van der Waals surface area contributed by atoms with E-state index in [1.165, 1.54) is 19.3 Å². The van der Waals surface area contributed by atoms with Crippen LogP contribution in [0.4, 0.5) is 5.69 Å². The molecule has 0 aromatic heterocycles. The summed E-state index contributed by atoms with van der Waals surface area (Å²) in [4.78, 5) is 10.6. The number of rotatable bonds is 4. The molecule has 0 spiro atoms. The molecule has 4 heteroatoms. The molecule has 0 amide bonds. The summed E-state index contributed by atoms with van der Waals surface area (Å²) in [7, 11) is 0. The third-order valence-corrected chi connectivity index (χ3v) is 4.24. The molecule has 1 fully saturated rings. The molecule has 0 bridgehead atoms. The predicted octanol–water partition coefficient (Wildman–Crippen LogP) is 3.82. The van der Waals surface area contributed by atoms with Crippen LogP contribution in [0.1, 0.15) is 44.2 Å². The molecule has 1 aliphatic carbocycles. The first-order valence-electron chi connectivity index (χ1n) is 7.43. The zero-order valence-corrected chi connectivity index (χ0v) is 12.6. The third-order valence-electron chi connectivity index (χ3n) is 4.24. The van der Waals surface area contributed by atoms with Gasteiger partial charge >= 0.3 is 0 Å². The fourth-order valence-corrected chi connectivity index (χ4v) is 3.34. The van der Waals surface area contributed by atoms with Crippen LogP contribution in [0.15, 0.2) is 18.2 Å². The van der Waals surface area contributed by atoms with E-state index in [9.17, 15) is 10.1 Å². The Hall–Kier alpha value is -1.42. The van der Waals surface area contributed by atoms with Crippen molar-refractivity contribution >= 4 is 5.69 Å². The smallest absolute Gasteiger partial charge is 0.272 e. The summed E-state index contributed by atoms with van der Waals surface area (Å²) in [6.07, 6.45) is 3.73. The van der Waals surface area contributed by atoms with Gasteiger partial charge in [0.05, 0.1) is 4.92 Å². The SMILES string of the molecule is Cc1ccc(CNC2CC(C)CC(C)C2)cc1[N+](=O)[O-]. The molecule has 1 aromatic rings. The van der Waals surface area contributed by atoms with Crippen molar-refractivity contribution in [2.75, 3.05) is 0 Å². The van der Waals surface area contributed by atoms with E-state index in [1.54, 1.807) is 13.0 Å². The lowest BCUT2D eigenvalue weighted by Crippen LogP contribution is -2.35. The van der Waals surface area contributed by atoms with Gasteiger partial charge in [-0.05, 0) is 43.6 Å². The molecule has 1 aromatic carbocycles.